The van der Waals surface area contributed by atoms with Crippen molar-refractivity contribution in [2.45, 2.75) is 32.9 Å². The minimum absolute atomic E-state index is 0.134. The predicted octanol–water partition coefficient (Wildman–Crippen LogP) is 2.57. The Hall–Kier alpha value is -2.90. The molecule has 1 aromatic heterocycles. The molecular formula is C20H29F3N6O4. The van der Waals surface area contributed by atoms with E-state index in [4.69, 9.17) is 19.9 Å². The summed E-state index contributed by atoms with van der Waals surface area (Å²) in [6.07, 6.45) is -4.88. The molecule has 2 rings (SSSR count). The highest BCUT2D eigenvalue weighted by Crippen LogP contribution is 2.23. The number of hydrogen-bond donors (Lipinski definition) is 3. The van der Waals surface area contributed by atoms with Crippen LogP contribution < -0.4 is 25.8 Å². The van der Waals surface area contributed by atoms with E-state index in [1.165, 1.54) is 24.3 Å². The minimum atomic E-state index is -4.73. The highest BCUT2D eigenvalue weighted by Gasteiger charge is 2.30. The van der Waals surface area contributed by atoms with E-state index in [-0.39, 0.29) is 30.4 Å². The lowest BCUT2D eigenvalue weighted by Gasteiger charge is -2.13. The van der Waals surface area contributed by atoms with Gasteiger partial charge in [-0.15, -0.1) is 13.2 Å². The number of benzene rings is 1. The van der Waals surface area contributed by atoms with Gasteiger partial charge in [0, 0.05) is 19.6 Å². The van der Waals surface area contributed by atoms with E-state index in [9.17, 15) is 13.2 Å². The summed E-state index contributed by atoms with van der Waals surface area (Å²) < 4.78 is 56.9. The zero-order valence-electron chi connectivity index (χ0n) is 18.5. The van der Waals surface area contributed by atoms with Crippen LogP contribution in [0, 0.1) is 0 Å². The first-order valence-corrected chi connectivity index (χ1v) is 10.4. The van der Waals surface area contributed by atoms with Gasteiger partial charge in [0.05, 0.1) is 32.5 Å². The largest absolute Gasteiger partial charge is 0.573 e. The molecule has 33 heavy (non-hydrogen) atoms. The van der Waals surface area contributed by atoms with E-state index in [0.717, 1.165) is 0 Å². The Morgan fingerprint density at radius 3 is 2.15 bits per heavy atom. The van der Waals surface area contributed by atoms with E-state index < -0.39 is 6.36 Å². The third-order valence-corrected chi connectivity index (χ3v) is 3.73. The Labute approximate surface area is 190 Å². The van der Waals surface area contributed by atoms with Crippen molar-refractivity contribution < 1.29 is 32.1 Å². The van der Waals surface area contributed by atoms with Gasteiger partial charge in [-0.1, -0.05) is 12.1 Å². The van der Waals surface area contributed by atoms with Gasteiger partial charge in [0.25, 0.3) is 0 Å². The van der Waals surface area contributed by atoms with Crippen LogP contribution >= 0.6 is 0 Å². The monoisotopic (exact) mass is 474 g/mol. The molecule has 10 nitrogen and oxygen atoms in total. The molecule has 4 N–H and O–H groups in total. The number of nitrogens with zero attached hydrogens (tertiary/aromatic N) is 3. The van der Waals surface area contributed by atoms with Crippen molar-refractivity contribution in [1.29, 1.82) is 0 Å². The Morgan fingerprint density at radius 1 is 0.909 bits per heavy atom. The van der Waals surface area contributed by atoms with E-state index in [0.29, 0.717) is 51.0 Å². The number of ether oxygens (including phenoxy) is 4. The van der Waals surface area contributed by atoms with Crippen molar-refractivity contribution in [3.05, 3.63) is 29.8 Å². The number of hydrogen-bond acceptors (Lipinski definition) is 10. The van der Waals surface area contributed by atoms with Crippen LogP contribution in [0.3, 0.4) is 0 Å². The van der Waals surface area contributed by atoms with Gasteiger partial charge in [0.1, 0.15) is 5.75 Å². The molecule has 0 fully saturated rings. The fourth-order valence-electron chi connectivity index (χ4n) is 2.41. The molecule has 0 aliphatic rings. The van der Waals surface area contributed by atoms with Gasteiger partial charge >= 0.3 is 12.4 Å². The number of nitrogens with one attached hydrogen (secondary N) is 2. The van der Waals surface area contributed by atoms with E-state index in [1.807, 2.05) is 13.8 Å². The van der Waals surface area contributed by atoms with Crippen molar-refractivity contribution in [2.75, 3.05) is 50.2 Å². The molecule has 0 amide bonds. The highest BCUT2D eigenvalue weighted by atomic mass is 19.4. The summed E-state index contributed by atoms with van der Waals surface area (Å²) >= 11 is 0. The lowest BCUT2D eigenvalue weighted by molar-refractivity contribution is -0.274. The van der Waals surface area contributed by atoms with E-state index in [1.54, 1.807) is 0 Å². The Balaban J connectivity index is 1.90. The zero-order valence-corrected chi connectivity index (χ0v) is 18.5. The van der Waals surface area contributed by atoms with Crippen molar-refractivity contribution in [2.24, 2.45) is 5.73 Å². The normalized spacial score (nSPS) is 11.5. The SMILES string of the molecule is CC(C)Oc1nc(NCCOCCOCCN)nc(NCc2ccc(OC(F)(F)F)cc2)n1. The maximum Gasteiger partial charge on any atom is 0.573 e. The lowest BCUT2D eigenvalue weighted by atomic mass is 10.2. The quantitative estimate of drug-likeness (QED) is 0.332. The van der Waals surface area contributed by atoms with Gasteiger partial charge < -0.3 is 35.3 Å². The topological polar surface area (TPSA) is 126 Å². The molecule has 1 heterocycles. The number of alkyl halides is 3. The number of aromatic nitrogens is 3. The molecule has 0 spiro atoms. The van der Waals surface area contributed by atoms with Crippen LogP contribution in [0.25, 0.3) is 0 Å². The van der Waals surface area contributed by atoms with Gasteiger partial charge in [-0.2, -0.15) is 15.0 Å². The fourth-order valence-corrected chi connectivity index (χ4v) is 2.41. The average Bonchev–Trinajstić information content (AvgIpc) is 2.73. The number of anilines is 2. The highest BCUT2D eigenvalue weighted by molar-refractivity contribution is 5.37. The molecule has 0 atom stereocenters. The average molecular weight is 474 g/mol. The summed E-state index contributed by atoms with van der Waals surface area (Å²) in [5.74, 6) is 0.244. The van der Waals surface area contributed by atoms with Crippen LogP contribution in [0.5, 0.6) is 11.8 Å². The summed E-state index contributed by atoms with van der Waals surface area (Å²) in [5.41, 5.74) is 6.04. The number of nitrogens with two attached hydrogens (primary N) is 1. The first-order valence-electron chi connectivity index (χ1n) is 10.4. The standard InChI is InChI=1S/C20H29F3N6O4/c1-14(2)32-19-28-17(25-8-10-31-12-11-30-9-7-24)27-18(29-19)26-13-15-3-5-16(6-4-15)33-20(21,22)23/h3-6,14H,7-13,24H2,1-2H3,(H2,25,26,27,28,29). The second-order valence-corrected chi connectivity index (χ2v) is 6.92. The first kappa shape index (κ1) is 26.4. The molecule has 0 unspecified atom stereocenters. The van der Waals surface area contributed by atoms with Crippen LogP contribution in [0.1, 0.15) is 19.4 Å². The van der Waals surface area contributed by atoms with Crippen molar-refractivity contribution >= 4 is 11.9 Å². The van der Waals surface area contributed by atoms with Gasteiger partial charge in [0.2, 0.25) is 11.9 Å². The summed E-state index contributed by atoms with van der Waals surface area (Å²) in [6, 6.07) is 5.62. The zero-order chi connectivity index (χ0) is 24.1. The third-order valence-electron chi connectivity index (χ3n) is 3.73. The van der Waals surface area contributed by atoms with E-state index >= 15 is 0 Å². The molecule has 0 bridgehead atoms. The maximum absolute atomic E-state index is 12.3. The molecule has 1 aromatic carbocycles. The van der Waals surface area contributed by atoms with Crippen LogP contribution in [0.4, 0.5) is 25.1 Å². The smallest absolute Gasteiger partial charge is 0.461 e. The van der Waals surface area contributed by atoms with Crippen molar-refractivity contribution in [1.82, 2.24) is 15.0 Å². The molecule has 2 aromatic rings. The summed E-state index contributed by atoms with van der Waals surface area (Å²) in [4.78, 5) is 12.7. The summed E-state index contributed by atoms with van der Waals surface area (Å²) in [7, 11) is 0. The molecule has 0 aliphatic carbocycles. The molecular weight excluding hydrogens is 445 g/mol. The fraction of sp³-hybridized carbons (Fsp3) is 0.550. The van der Waals surface area contributed by atoms with Gasteiger partial charge in [-0.25, -0.2) is 0 Å². The Bertz CT molecular complexity index is 824. The van der Waals surface area contributed by atoms with Gasteiger partial charge in [-0.3, -0.25) is 0 Å². The Morgan fingerprint density at radius 2 is 1.55 bits per heavy atom. The summed E-state index contributed by atoms with van der Waals surface area (Å²) in [5, 5.41) is 6.05. The predicted molar refractivity (Wildman–Crippen MR) is 115 cm³/mol. The molecule has 184 valence electrons. The number of rotatable bonds is 15. The Kier molecular flexibility index (Phi) is 10.9. The maximum atomic E-state index is 12.3. The third kappa shape index (κ3) is 11.5. The molecule has 13 heteroatoms. The molecule has 0 aliphatic heterocycles. The van der Waals surface area contributed by atoms with Crippen molar-refractivity contribution in [3.8, 4) is 11.8 Å². The summed E-state index contributed by atoms with van der Waals surface area (Å²) in [6.45, 7) is 6.68. The van der Waals surface area contributed by atoms with Gasteiger partial charge in [-0.05, 0) is 31.5 Å². The van der Waals surface area contributed by atoms with E-state index in [2.05, 4.69) is 30.3 Å². The first-order chi connectivity index (χ1) is 15.7. The van der Waals surface area contributed by atoms with Gasteiger partial charge in [0.15, 0.2) is 0 Å². The van der Waals surface area contributed by atoms with Crippen LogP contribution in [0.15, 0.2) is 24.3 Å². The van der Waals surface area contributed by atoms with Crippen LogP contribution in [0.2, 0.25) is 0 Å². The molecule has 0 saturated carbocycles. The minimum Gasteiger partial charge on any atom is -0.461 e. The van der Waals surface area contributed by atoms with Crippen LogP contribution in [-0.2, 0) is 16.0 Å². The molecule has 0 saturated heterocycles. The van der Waals surface area contributed by atoms with Crippen LogP contribution in [-0.4, -0.2) is 66.9 Å². The lowest BCUT2D eigenvalue weighted by Crippen LogP contribution is -2.17. The second kappa shape index (κ2) is 13.6. The molecule has 0 radical (unpaired) electrons. The number of halogens is 3. The second-order valence-electron chi connectivity index (χ2n) is 6.92. The van der Waals surface area contributed by atoms with Crippen molar-refractivity contribution in [3.63, 3.8) is 0 Å².